The van der Waals surface area contributed by atoms with Gasteiger partial charge in [-0.25, -0.2) is 8.42 Å². The molecule has 0 aliphatic heterocycles. The van der Waals surface area contributed by atoms with Gasteiger partial charge in [0.25, 0.3) is 5.69 Å². The zero-order valence-corrected chi connectivity index (χ0v) is 10.6. The maximum atomic E-state index is 12.1. The normalized spacial score (nSPS) is 11.2. The molecule has 18 heavy (non-hydrogen) atoms. The van der Waals surface area contributed by atoms with Crippen molar-refractivity contribution in [2.75, 3.05) is 13.6 Å². The molecule has 0 bridgehead atoms. The molecule has 96 valence electrons. The third kappa shape index (κ3) is 2.47. The molecule has 0 aliphatic rings. The Kier molecular flexibility index (Phi) is 4.00. The fourth-order valence-electron chi connectivity index (χ4n) is 1.43. The monoisotopic (exact) mass is 269 g/mol. The van der Waals surface area contributed by atoms with E-state index < -0.39 is 14.9 Å². The molecule has 0 atom stereocenters. The van der Waals surface area contributed by atoms with E-state index >= 15 is 0 Å². The van der Waals surface area contributed by atoms with Crippen molar-refractivity contribution in [3.05, 3.63) is 33.9 Å². The maximum absolute atomic E-state index is 12.1. The van der Waals surface area contributed by atoms with Gasteiger partial charge in [-0.1, -0.05) is 6.07 Å². The molecule has 8 heteroatoms. The first-order valence-corrected chi connectivity index (χ1v) is 6.33. The average molecular weight is 269 g/mol. The molecule has 0 fully saturated rings. The molecule has 0 unspecified atom stereocenters. The first-order chi connectivity index (χ1) is 8.32. The molecule has 1 aromatic rings. The van der Waals surface area contributed by atoms with Crippen molar-refractivity contribution in [1.82, 2.24) is 4.31 Å². The van der Waals surface area contributed by atoms with Gasteiger partial charge in [0, 0.05) is 18.7 Å². The van der Waals surface area contributed by atoms with Crippen LogP contribution in [0.4, 0.5) is 5.69 Å². The van der Waals surface area contributed by atoms with E-state index in [0.29, 0.717) is 0 Å². The lowest BCUT2D eigenvalue weighted by Crippen LogP contribution is -2.28. The fraction of sp³-hybridized carbons (Fsp3) is 0.300. The van der Waals surface area contributed by atoms with E-state index in [9.17, 15) is 18.5 Å². The van der Waals surface area contributed by atoms with Gasteiger partial charge >= 0.3 is 0 Å². The van der Waals surface area contributed by atoms with Crippen molar-refractivity contribution in [2.45, 2.75) is 11.8 Å². The maximum Gasteiger partial charge on any atom is 0.273 e. The van der Waals surface area contributed by atoms with Crippen LogP contribution in [0.1, 0.15) is 5.56 Å². The molecule has 0 amide bonds. The minimum Gasteiger partial charge on any atom is -0.258 e. The second kappa shape index (κ2) is 5.12. The number of nitrogens with zero attached hydrogens (tertiary/aromatic N) is 3. The third-order valence-electron chi connectivity index (χ3n) is 2.43. The van der Waals surface area contributed by atoms with Gasteiger partial charge in [0.2, 0.25) is 10.0 Å². The molecule has 1 aromatic carbocycles. The van der Waals surface area contributed by atoms with Crippen LogP contribution < -0.4 is 0 Å². The number of rotatable bonds is 4. The lowest BCUT2D eigenvalue weighted by atomic mass is 10.2. The molecule has 1 rings (SSSR count). The van der Waals surface area contributed by atoms with Gasteiger partial charge in [-0.15, -0.1) is 0 Å². The van der Waals surface area contributed by atoms with E-state index in [0.717, 1.165) is 4.31 Å². The largest absolute Gasteiger partial charge is 0.273 e. The Hall–Kier alpha value is -1.98. The summed E-state index contributed by atoms with van der Waals surface area (Å²) < 4.78 is 25.0. The number of benzene rings is 1. The SMILES string of the molecule is Cc1c([N+](=O)[O-])cccc1S(=O)(=O)N(C)CC#N. The fourth-order valence-corrected chi connectivity index (χ4v) is 2.74. The van der Waals surface area contributed by atoms with Gasteiger partial charge in [0.15, 0.2) is 0 Å². The predicted molar refractivity (Wildman–Crippen MR) is 63.3 cm³/mol. The smallest absolute Gasteiger partial charge is 0.258 e. The highest BCUT2D eigenvalue weighted by Crippen LogP contribution is 2.26. The summed E-state index contributed by atoms with van der Waals surface area (Å²) in [4.78, 5) is 9.94. The number of nitro groups is 1. The summed E-state index contributed by atoms with van der Waals surface area (Å²) in [6.07, 6.45) is 0. The third-order valence-corrected chi connectivity index (χ3v) is 4.38. The number of nitriles is 1. The minimum absolute atomic E-state index is 0.0623. The van der Waals surface area contributed by atoms with Crippen molar-refractivity contribution in [2.24, 2.45) is 0 Å². The van der Waals surface area contributed by atoms with Gasteiger partial charge in [-0.3, -0.25) is 10.1 Å². The molecular formula is C10H11N3O4S. The lowest BCUT2D eigenvalue weighted by Gasteiger charge is -2.15. The Bertz CT molecular complexity index is 619. The van der Waals surface area contributed by atoms with Crippen LogP contribution in [0.2, 0.25) is 0 Å². The quantitative estimate of drug-likeness (QED) is 0.461. The van der Waals surface area contributed by atoms with E-state index in [1.165, 1.54) is 32.2 Å². The molecular weight excluding hydrogens is 258 g/mol. The summed E-state index contributed by atoms with van der Waals surface area (Å²) in [5.41, 5.74) is -0.200. The minimum atomic E-state index is -3.88. The molecule has 0 N–H and O–H groups in total. The topological polar surface area (TPSA) is 104 Å². The van der Waals surface area contributed by atoms with Gasteiger partial charge < -0.3 is 0 Å². The van der Waals surface area contributed by atoms with Crippen LogP contribution in [0.3, 0.4) is 0 Å². The Morgan fingerprint density at radius 3 is 2.61 bits per heavy atom. The molecule has 0 saturated heterocycles. The Morgan fingerprint density at radius 1 is 1.50 bits per heavy atom. The summed E-state index contributed by atoms with van der Waals surface area (Å²) >= 11 is 0. The van der Waals surface area contributed by atoms with E-state index in [4.69, 9.17) is 5.26 Å². The van der Waals surface area contributed by atoms with E-state index in [2.05, 4.69) is 0 Å². The molecule has 0 spiro atoms. The lowest BCUT2D eigenvalue weighted by molar-refractivity contribution is -0.385. The summed E-state index contributed by atoms with van der Waals surface area (Å²) in [6, 6.07) is 5.53. The molecule has 0 aromatic heterocycles. The van der Waals surface area contributed by atoms with Gasteiger partial charge in [0.1, 0.15) is 6.54 Å². The van der Waals surface area contributed by atoms with Crippen molar-refractivity contribution in [1.29, 1.82) is 5.26 Å². The molecule has 7 nitrogen and oxygen atoms in total. The van der Waals surface area contributed by atoms with E-state index in [1.807, 2.05) is 0 Å². The number of sulfonamides is 1. The highest BCUT2D eigenvalue weighted by Gasteiger charge is 2.26. The van der Waals surface area contributed by atoms with Gasteiger partial charge in [-0.2, -0.15) is 9.57 Å². The van der Waals surface area contributed by atoms with Crippen molar-refractivity contribution in [3.8, 4) is 6.07 Å². The van der Waals surface area contributed by atoms with Gasteiger partial charge in [0.05, 0.1) is 15.9 Å². The number of nitro benzene ring substituents is 1. The van der Waals surface area contributed by atoms with Crippen LogP contribution in [0, 0.1) is 28.4 Å². The number of hydrogen-bond donors (Lipinski definition) is 0. The highest BCUT2D eigenvalue weighted by molar-refractivity contribution is 7.89. The van der Waals surface area contributed by atoms with Crippen LogP contribution in [0.15, 0.2) is 23.1 Å². The first kappa shape index (κ1) is 14.1. The Balaban J connectivity index is 3.40. The molecule has 0 heterocycles. The second-order valence-electron chi connectivity index (χ2n) is 3.58. The molecule has 0 radical (unpaired) electrons. The zero-order valence-electron chi connectivity index (χ0n) is 9.82. The zero-order chi connectivity index (χ0) is 13.9. The number of hydrogen-bond acceptors (Lipinski definition) is 5. The molecule has 0 saturated carbocycles. The second-order valence-corrected chi connectivity index (χ2v) is 5.59. The van der Waals surface area contributed by atoms with Crippen LogP contribution >= 0.6 is 0 Å². The first-order valence-electron chi connectivity index (χ1n) is 4.89. The van der Waals surface area contributed by atoms with Gasteiger partial charge in [-0.05, 0) is 13.0 Å². The summed E-state index contributed by atoms with van der Waals surface area (Å²) in [6.45, 7) is 1.05. The van der Waals surface area contributed by atoms with Crippen LogP contribution in [-0.2, 0) is 10.0 Å². The van der Waals surface area contributed by atoms with Crippen LogP contribution in [0.25, 0.3) is 0 Å². The Labute approximate surface area is 104 Å². The summed E-state index contributed by atoms with van der Waals surface area (Å²) in [5, 5.41) is 19.2. The molecule has 0 aliphatic carbocycles. The van der Waals surface area contributed by atoms with Crippen LogP contribution in [-0.4, -0.2) is 31.2 Å². The Morgan fingerprint density at radius 2 is 2.11 bits per heavy atom. The summed E-state index contributed by atoms with van der Waals surface area (Å²) in [7, 11) is -2.63. The highest BCUT2D eigenvalue weighted by atomic mass is 32.2. The van der Waals surface area contributed by atoms with Crippen LogP contribution in [0.5, 0.6) is 0 Å². The average Bonchev–Trinajstić information content (AvgIpc) is 2.28. The standard InChI is InChI=1S/C10H11N3O4S/c1-8-9(13(14)15)4-3-5-10(8)18(16,17)12(2)7-6-11/h3-5H,7H2,1-2H3. The summed E-state index contributed by atoms with van der Waals surface area (Å²) in [5.74, 6) is 0. The van der Waals surface area contributed by atoms with Crippen molar-refractivity contribution in [3.63, 3.8) is 0 Å². The van der Waals surface area contributed by atoms with E-state index in [1.54, 1.807) is 6.07 Å². The van der Waals surface area contributed by atoms with Crippen molar-refractivity contribution >= 4 is 15.7 Å². The predicted octanol–water partition coefficient (Wildman–Crippen LogP) is 1.05. The van der Waals surface area contributed by atoms with E-state index in [-0.39, 0.29) is 22.7 Å². The van der Waals surface area contributed by atoms with Crippen molar-refractivity contribution < 1.29 is 13.3 Å².